The summed E-state index contributed by atoms with van der Waals surface area (Å²) in [6.07, 6.45) is -3.46. The van der Waals surface area contributed by atoms with E-state index in [1.807, 2.05) is 37.3 Å². The van der Waals surface area contributed by atoms with E-state index >= 15 is 0 Å². The zero-order valence-electron chi connectivity index (χ0n) is 19.2. The number of halogens is 3. The summed E-state index contributed by atoms with van der Waals surface area (Å²) in [7, 11) is 0. The van der Waals surface area contributed by atoms with Gasteiger partial charge >= 0.3 is 6.18 Å². The lowest BCUT2D eigenvalue weighted by Gasteiger charge is -2.32. The van der Waals surface area contributed by atoms with Crippen LogP contribution in [-0.4, -0.2) is 51.6 Å². The first-order valence-corrected chi connectivity index (χ1v) is 11.5. The molecular formula is C26H25F3N5O+. The van der Waals surface area contributed by atoms with Crippen LogP contribution in [-0.2, 0) is 12.7 Å². The van der Waals surface area contributed by atoms with Crippen LogP contribution in [0.2, 0.25) is 0 Å². The van der Waals surface area contributed by atoms with Gasteiger partial charge < -0.3 is 9.80 Å². The molecule has 1 aliphatic rings. The van der Waals surface area contributed by atoms with E-state index < -0.39 is 11.9 Å². The fraction of sp³-hybridized carbons (Fsp3) is 0.269. The van der Waals surface area contributed by atoms with Crippen molar-refractivity contribution < 1.29 is 22.9 Å². The van der Waals surface area contributed by atoms with E-state index in [0.29, 0.717) is 18.7 Å². The van der Waals surface area contributed by atoms with Crippen molar-refractivity contribution in [2.24, 2.45) is 0 Å². The number of alkyl halides is 3. The third-order valence-electron chi connectivity index (χ3n) is 6.39. The molecule has 5 rings (SSSR count). The van der Waals surface area contributed by atoms with Crippen LogP contribution in [0.1, 0.15) is 27.2 Å². The lowest BCUT2D eigenvalue weighted by atomic mass is 10.1. The molecule has 1 N–H and O–H groups in total. The third kappa shape index (κ3) is 4.77. The van der Waals surface area contributed by atoms with Crippen molar-refractivity contribution >= 4 is 11.6 Å². The summed E-state index contributed by atoms with van der Waals surface area (Å²) in [6, 6.07) is 18.2. The van der Waals surface area contributed by atoms with Gasteiger partial charge in [0.05, 0.1) is 38.1 Å². The maximum absolute atomic E-state index is 13.9. The summed E-state index contributed by atoms with van der Waals surface area (Å²) >= 11 is 0. The van der Waals surface area contributed by atoms with Crippen LogP contribution in [0.15, 0.2) is 66.9 Å². The second-order valence-corrected chi connectivity index (χ2v) is 8.89. The SMILES string of the molecule is Cc1ccc(-c2cc(C(F)(F)F)n3ncc(C(=O)N4CC[NH+](Cc5ccccc5)CC4)c3n2)cc1. The standard InChI is InChI=1S/C26H24F3N5O/c1-18-7-9-20(10-8-18)22-15-23(26(27,28)29)34-24(31-22)21(16-30-34)25(35)33-13-11-32(12-14-33)17-19-5-3-2-4-6-19/h2-10,15-16H,11-14,17H2,1H3/p+1. The summed E-state index contributed by atoms with van der Waals surface area (Å²) in [5, 5.41) is 3.90. The topological polar surface area (TPSA) is 54.9 Å². The fourth-order valence-corrected chi connectivity index (χ4v) is 4.45. The molecule has 0 spiro atoms. The Labute approximate surface area is 200 Å². The van der Waals surface area contributed by atoms with Crippen LogP contribution in [0.5, 0.6) is 0 Å². The highest BCUT2D eigenvalue weighted by Crippen LogP contribution is 2.33. The van der Waals surface area contributed by atoms with Gasteiger partial charge in [0.25, 0.3) is 5.91 Å². The Morgan fingerprint density at radius 2 is 1.71 bits per heavy atom. The van der Waals surface area contributed by atoms with Crippen molar-refractivity contribution in [1.29, 1.82) is 0 Å². The van der Waals surface area contributed by atoms with E-state index in [1.165, 1.54) is 16.7 Å². The van der Waals surface area contributed by atoms with Crippen molar-refractivity contribution in [3.63, 3.8) is 0 Å². The molecule has 35 heavy (non-hydrogen) atoms. The average molecular weight is 481 g/mol. The molecular weight excluding hydrogens is 455 g/mol. The largest absolute Gasteiger partial charge is 0.433 e. The second-order valence-electron chi connectivity index (χ2n) is 8.89. The number of nitrogens with zero attached hydrogens (tertiary/aromatic N) is 4. The highest BCUT2D eigenvalue weighted by molar-refractivity contribution is 6.00. The molecule has 3 heterocycles. The quantitative estimate of drug-likeness (QED) is 0.488. The molecule has 0 saturated carbocycles. The predicted molar refractivity (Wildman–Crippen MR) is 125 cm³/mol. The summed E-state index contributed by atoms with van der Waals surface area (Å²) in [5.74, 6) is -0.347. The number of hydrogen-bond acceptors (Lipinski definition) is 3. The molecule has 1 fully saturated rings. The molecule has 6 nitrogen and oxygen atoms in total. The van der Waals surface area contributed by atoms with Gasteiger partial charge in [-0.15, -0.1) is 0 Å². The molecule has 0 aliphatic carbocycles. The van der Waals surface area contributed by atoms with Crippen molar-refractivity contribution in [1.82, 2.24) is 19.5 Å². The zero-order valence-corrected chi connectivity index (χ0v) is 19.2. The third-order valence-corrected chi connectivity index (χ3v) is 6.39. The van der Waals surface area contributed by atoms with Gasteiger partial charge in [0, 0.05) is 11.1 Å². The number of aromatic nitrogens is 3. The molecule has 0 bridgehead atoms. The number of aryl methyl sites for hydroxylation is 1. The minimum atomic E-state index is -4.65. The first-order valence-electron chi connectivity index (χ1n) is 11.5. The minimum Gasteiger partial charge on any atom is -0.328 e. The maximum Gasteiger partial charge on any atom is 0.433 e. The smallest absolute Gasteiger partial charge is 0.328 e. The Hall–Kier alpha value is -3.72. The highest BCUT2D eigenvalue weighted by atomic mass is 19.4. The van der Waals surface area contributed by atoms with Crippen LogP contribution in [0.25, 0.3) is 16.9 Å². The monoisotopic (exact) mass is 480 g/mol. The van der Waals surface area contributed by atoms with Gasteiger partial charge in [0.15, 0.2) is 11.3 Å². The van der Waals surface area contributed by atoms with Gasteiger partial charge in [-0.05, 0) is 13.0 Å². The first kappa shape index (κ1) is 23.0. The van der Waals surface area contributed by atoms with E-state index in [4.69, 9.17) is 0 Å². The Bertz CT molecular complexity index is 1340. The fourth-order valence-electron chi connectivity index (χ4n) is 4.45. The molecule has 4 aromatic rings. The van der Waals surface area contributed by atoms with Gasteiger partial charge in [-0.2, -0.15) is 18.3 Å². The number of amides is 1. The Balaban J connectivity index is 1.42. The molecule has 2 aromatic heterocycles. The van der Waals surface area contributed by atoms with Crippen molar-refractivity contribution in [3.8, 4) is 11.3 Å². The van der Waals surface area contributed by atoms with Gasteiger partial charge in [-0.3, -0.25) is 4.79 Å². The molecule has 0 unspecified atom stereocenters. The normalized spacial score (nSPS) is 15.0. The van der Waals surface area contributed by atoms with Gasteiger partial charge in [-0.1, -0.05) is 60.2 Å². The first-order chi connectivity index (χ1) is 16.8. The lowest BCUT2D eigenvalue weighted by Crippen LogP contribution is -3.13. The molecule has 0 radical (unpaired) electrons. The average Bonchev–Trinajstić information content (AvgIpc) is 3.28. The molecule has 0 atom stereocenters. The number of carbonyl (C=O) groups is 1. The van der Waals surface area contributed by atoms with Crippen molar-refractivity contribution in [2.75, 3.05) is 26.2 Å². The Morgan fingerprint density at radius 1 is 1.03 bits per heavy atom. The number of fused-ring (bicyclic) bond motifs is 1. The number of hydrogen-bond donors (Lipinski definition) is 1. The number of quaternary nitrogens is 1. The Morgan fingerprint density at radius 3 is 2.37 bits per heavy atom. The second kappa shape index (κ2) is 9.14. The summed E-state index contributed by atoms with van der Waals surface area (Å²) in [4.78, 5) is 20.8. The summed E-state index contributed by atoms with van der Waals surface area (Å²) in [6.45, 7) is 5.32. The van der Waals surface area contributed by atoms with Crippen LogP contribution in [0.4, 0.5) is 13.2 Å². The number of piperazine rings is 1. The molecule has 1 saturated heterocycles. The van der Waals surface area contributed by atoms with E-state index in [0.717, 1.165) is 35.8 Å². The van der Waals surface area contributed by atoms with Crippen LogP contribution in [0, 0.1) is 6.92 Å². The molecule has 9 heteroatoms. The van der Waals surface area contributed by atoms with Gasteiger partial charge in [0.1, 0.15) is 12.1 Å². The summed E-state index contributed by atoms with van der Waals surface area (Å²) in [5.41, 5.74) is 1.94. The molecule has 180 valence electrons. The van der Waals surface area contributed by atoms with Crippen LogP contribution >= 0.6 is 0 Å². The van der Waals surface area contributed by atoms with Crippen molar-refractivity contribution in [3.05, 3.63) is 89.2 Å². The number of carbonyl (C=O) groups excluding carboxylic acids is 1. The van der Waals surface area contributed by atoms with Crippen molar-refractivity contribution in [2.45, 2.75) is 19.6 Å². The van der Waals surface area contributed by atoms with E-state index in [-0.39, 0.29) is 22.8 Å². The molecule has 1 aliphatic heterocycles. The number of rotatable bonds is 4. The number of benzene rings is 2. The highest BCUT2D eigenvalue weighted by Gasteiger charge is 2.36. The molecule has 2 aromatic carbocycles. The predicted octanol–water partition coefficient (Wildman–Crippen LogP) is 3.26. The van der Waals surface area contributed by atoms with Gasteiger partial charge in [0.2, 0.25) is 0 Å². The number of nitrogens with one attached hydrogen (secondary N) is 1. The van der Waals surface area contributed by atoms with E-state index in [2.05, 4.69) is 22.2 Å². The minimum absolute atomic E-state index is 0.0796. The van der Waals surface area contributed by atoms with E-state index in [1.54, 1.807) is 17.0 Å². The zero-order chi connectivity index (χ0) is 24.6. The van der Waals surface area contributed by atoms with Crippen LogP contribution < -0.4 is 4.90 Å². The molecule has 1 amide bonds. The van der Waals surface area contributed by atoms with Crippen LogP contribution in [0.3, 0.4) is 0 Å². The van der Waals surface area contributed by atoms with Gasteiger partial charge in [-0.25, -0.2) is 9.50 Å². The summed E-state index contributed by atoms with van der Waals surface area (Å²) < 4.78 is 42.4. The maximum atomic E-state index is 13.9. The Kier molecular flexibility index (Phi) is 6.02. The lowest BCUT2D eigenvalue weighted by molar-refractivity contribution is -0.917. The van der Waals surface area contributed by atoms with E-state index in [9.17, 15) is 18.0 Å².